The minimum Gasteiger partial charge on any atom is -0.397 e. The Kier molecular flexibility index (Phi) is 5.03. The van der Waals surface area contributed by atoms with Crippen LogP contribution in [0.3, 0.4) is 0 Å². The molecule has 114 valence electrons. The van der Waals surface area contributed by atoms with Gasteiger partial charge in [0.25, 0.3) is 0 Å². The predicted octanol–water partition coefficient (Wildman–Crippen LogP) is 1.07. The summed E-state index contributed by atoms with van der Waals surface area (Å²) in [5.41, 5.74) is 6.76. The normalized spacial score (nSPS) is 17.7. The van der Waals surface area contributed by atoms with Gasteiger partial charge >= 0.3 is 0 Å². The molecule has 4 N–H and O–H groups in total. The van der Waals surface area contributed by atoms with Gasteiger partial charge in [-0.2, -0.15) is 0 Å². The highest BCUT2D eigenvalue weighted by Crippen LogP contribution is 2.23. The van der Waals surface area contributed by atoms with Crippen LogP contribution in [0.1, 0.15) is 13.3 Å². The van der Waals surface area contributed by atoms with Crippen molar-refractivity contribution in [1.82, 2.24) is 10.2 Å². The molecule has 0 aromatic heterocycles. The van der Waals surface area contributed by atoms with Gasteiger partial charge in [-0.1, -0.05) is 11.6 Å². The number of amides is 2. The second-order valence-corrected chi connectivity index (χ2v) is 5.51. The Morgan fingerprint density at radius 3 is 3.00 bits per heavy atom. The van der Waals surface area contributed by atoms with Gasteiger partial charge in [0, 0.05) is 18.1 Å². The molecule has 0 spiro atoms. The van der Waals surface area contributed by atoms with E-state index in [1.807, 2.05) is 4.90 Å². The van der Waals surface area contributed by atoms with Crippen molar-refractivity contribution in [3.63, 3.8) is 0 Å². The molecule has 1 aliphatic rings. The van der Waals surface area contributed by atoms with Crippen LogP contribution in [0.25, 0.3) is 0 Å². The van der Waals surface area contributed by atoms with Gasteiger partial charge in [0.05, 0.1) is 24.0 Å². The zero-order valence-corrected chi connectivity index (χ0v) is 12.6. The molecule has 7 heteroatoms. The van der Waals surface area contributed by atoms with Crippen LogP contribution in [0.2, 0.25) is 5.02 Å². The van der Waals surface area contributed by atoms with E-state index in [0.29, 0.717) is 29.5 Å². The zero-order chi connectivity index (χ0) is 15.4. The number of hydrogen-bond acceptors (Lipinski definition) is 4. The van der Waals surface area contributed by atoms with Crippen LogP contribution in [-0.4, -0.2) is 42.4 Å². The maximum atomic E-state index is 12.3. The summed E-state index contributed by atoms with van der Waals surface area (Å²) in [5.74, 6) is -0.253. The summed E-state index contributed by atoms with van der Waals surface area (Å²) in [5, 5.41) is 6.08. The largest absolute Gasteiger partial charge is 0.397 e. The Labute approximate surface area is 128 Å². The van der Waals surface area contributed by atoms with Crippen molar-refractivity contribution in [2.45, 2.75) is 19.4 Å². The van der Waals surface area contributed by atoms with E-state index in [2.05, 4.69) is 10.6 Å². The first-order chi connectivity index (χ1) is 9.97. The molecule has 1 aliphatic heterocycles. The third-order valence-electron chi connectivity index (χ3n) is 3.49. The van der Waals surface area contributed by atoms with Crippen molar-refractivity contribution >= 4 is 34.8 Å². The lowest BCUT2D eigenvalue weighted by Crippen LogP contribution is -2.45. The number of nitrogens with zero attached hydrogens (tertiary/aromatic N) is 1. The lowest BCUT2D eigenvalue weighted by atomic mass is 10.2. The molecule has 1 fully saturated rings. The van der Waals surface area contributed by atoms with E-state index in [-0.39, 0.29) is 18.4 Å². The molecule has 6 nitrogen and oxygen atoms in total. The van der Waals surface area contributed by atoms with E-state index in [0.717, 1.165) is 6.42 Å². The number of carbonyl (C=O) groups excluding carboxylic acids is 2. The van der Waals surface area contributed by atoms with E-state index in [9.17, 15) is 9.59 Å². The van der Waals surface area contributed by atoms with E-state index in [1.165, 1.54) is 0 Å². The van der Waals surface area contributed by atoms with E-state index < -0.39 is 6.04 Å². The molecule has 1 aromatic rings. The molecule has 0 bridgehead atoms. The highest BCUT2D eigenvalue weighted by Gasteiger charge is 2.25. The van der Waals surface area contributed by atoms with Crippen LogP contribution in [0.5, 0.6) is 0 Å². The molecular weight excluding hydrogens is 292 g/mol. The molecule has 0 radical (unpaired) electrons. The van der Waals surface area contributed by atoms with Gasteiger partial charge in [0.1, 0.15) is 0 Å². The van der Waals surface area contributed by atoms with Crippen molar-refractivity contribution < 1.29 is 9.59 Å². The van der Waals surface area contributed by atoms with E-state index in [1.54, 1.807) is 25.1 Å². The van der Waals surface area contributed by atoms with Gasteiger partial charge in [-0.25, -0.2) is 0 Å². The second-order valence-electron chi connectivity index (χ2n) is 5.07. The van der Waals surface area contributed by atoms with Crippen molar-refractivity contribution in [1.29, 1.82) is 0 Å². The van der Waals surface area contributed by atoms with Gasteiger partial charge in [-0.15, -0.1) is 0 Å². The quantitative estimate of drug-likeness (QED) is 0.729. The zero-order valence-electron chi connectivity index (χ0n) is 11.9. The first kappa shape index (κ1) is 15.6. The number of nitrogens with one attached hydrogen (secondary N) is 2. The summed E-state index contributed by atoms with van der Waals surface area (Å²) in [4.78, 5) is 25.7. The van der Waals surface area contributed by atoms with Gasteiger partial charge in [0.15, 0.2) is 0 Å². The summed E-state index contributed by atoms with van der Waals surface area (Å²) < 4.78 is 0. The Hall–Kier alpha value is -1.79. The maximum Gasteiger partial charge on any atom is 0.241 e. The molecular formula is C14H19ClN4O2. The first-order valence-electron chi connectivity index (χ1n) is 6.84. The molecule has 1 atom stereocenters. The van der Waals surface area contributed by atoms with Crippen molar-refractivity contribution in [3.05, 3.63) is 23.2 Å². The average molecular weight is 311 g/mol. The molecule has 1 unspecified atom stereocenters. The lowest BCUT2D eigenvalue weighted by molar-refractivity contribution is -0.124. The monoisotopic (exact) mass is 310 g/mol. The van der Waals surface area contributed by atoms with E-state index in [4.69, 9.17) is 17.3 Å². The maximum absolute atomic E-state index is 12.3. The van der Waals surface area contributed by atoms with Gasteiger partial charge in [0.2, 0.25) is 11.8 Å². The van der Waals surface area contributed by atoms with Crippen molar-refractivity contribution in [2.24, 2.45) is 0 Å². The van der Waals surface area contributed by atoms with Crippen molar-refractivity contribution in [3.8, 4) is 0 Å². The Morgan fingerprint density at radius 1 is 1.52 bits per heavy atom. The Balaban J connectivity index is 2.03. The summed E-state index contributed by atoms with van der Waals surface area (Å²) in [6.07, 6.45) is 0.826. The fourth-order valence-corrected chi connectivity index (χ4v) is 2.39. The lowest BCUT2D eigenvalue weighted by Gasteiger charge is -2.25. The molecule has 2 amide bonds. The smallest absolute Gasteiger partial charge is 0.241 e. The third-order valence-corrected chi connectivity index (χ3v) is 3.72. The van der Waals surface area contributed by atoms with Crippen LogP contribution in [-0.2, 0) is 9.59 Å². The summed E-state index contributed by atoms with van der Waals surface area (Å²) >= 11 is 5.83. The van der Waals surface area contributed by atoms with Crippen molar-refractivity contribution in [2.75, 3.05) is 30.7 Å². The SMILES string of the molecule is CC(C(=O)Nc1ccc(Cl)cc1N)N1CCCNC(=O)C1. The van der Waals surface area contributed by atoms with Crippen LogP contribution >= 0.6 is 11.6 Å². The Morgan fingerprint density at radius 2 is 2.29 bits per heavy atom. The number of halogens is 1. The van der Waals surface area contributed by atoms with Gasteiger partial charge in [-0.05, 0) is 31.5 Å². The number of nitrogen functional groups attached to an aromatic ring is 1. The molecule has 21 heavy (non-hydrogen) atoms. The average Bonchev–Trinajstić information content (AvgIpc) is 2.65. The standard InChI is InChI=1S/C14H19ClN4O2/c1-9(19-6-2-5-17-13(20)8-19)14(21)18-12-4-3-10(15)7-11(12)16/h3-4,7,9H,2,5-6,8,16H2,1H3,(H,17,20)(H,18,21). The molecule has 1 heterocycles. The predicted molar refractivity (Wildman–Crippen MR) is 83.2 cm³/mol. The van der Waals surface area contributed by atoms with E-state index >= 15 is 0 Å². The Bertz CT molecular complexity index is 550. The van der Waals surface area contributed by atoms with Crippen LogP contribution in [0, 0.1) is 0 Å². The molecule has 1 saturated heterocycles. The summed E-state index contributed by atoms with van der Waals surface area (Å²) in [6, 6.07) is 4.50. The number of carbonyl (C=O) groups is 2. The fourth-order valence-electron chi connectivity index (χ4n) is 2.21. The summed E-state index contributed by atoms with van der Waals surface area (Å²) in [6.45, 7) is 3.35. The van der Waals surface area contributed by atoms with Crippen LogP contribution in [0.4, 0.5) is 11.4 Å². The van der Waals surface area contributed by atoms with Crippen LogP contribution in [0.15, 0.2) is 18.2 Å². The molecule has 0 aliphatic carbocycles. The van der Waals surface area contributed by atoms with Crippen LogP contribution < -0.4 is 16.4 Å². The fraction of sp³-hybridized carbons (Fsp3) is 0.429. The molecule has 2 rings (SSSR count). The minimum atomic E-state index is -0.413. The minimum absolute atomic E-state index is 0.0573. The molecule has 1 aromatic carbocycles. The second kappa shape index (κ2) is 6.78. The number of benzene rings is 1. The molecule has 0 saturated carbocycles. The number of rotatable bonds is 3. The topological polar surface area (TPSA) is 87.5 Å². The number of hydrogen-bond donors (Lipinski definition) is 3. The van der Waals surface area contributed by atoms with Gasteiger partial charge in [-0.3, -0.25) is 14.5 Å². The number of nitrogens with two attached hydrogens (primary N) is 1. The highest BCUT2D eigenvalue weighted by atomic mass is 35.5. The first-order valence-corrected chi connectivity index (χ1v) is 7.22. The number of anilines is 2. The van der Waals surface area contributed by atoms with Gasteiger partial charge < -0.3 is 16.4 Å². The summed E-state index contributed by atoms with van der Waals surface area (Å²) in [7, 11) is 0. The third kappa shape index (κ3) is 4.09. The highest BCUT2D eigenvalue weighted by molar-refractivity contribution is 6.31.